The van der Waals surface area contributed by atoms with Crippen molar-refractivity contribution in [2.24, 2.45) is 20.5 Å². The highest BCUT2D eigenvalue weighted by atomic mass is 32.2. The largest absolute Gasteiger partial charge is 0.462 e. The molecule has 0 saturated heterocycles. The summed E-state index contributed by atoms with van der Waals surface area (Å²) in [7, 11) is -6.70. The molecule has 105 heavy (non-hydrogen) atoms. The number of aromatic nitrogens is 2. The molecular weight excluding hydrogens is 1350 g/mol. The molecule has 2 heterocycles. The van der Waals surface area contributed by atoms with Gasteiger partial charge in [-0.15, -0.1) is 0 Å². The van der Waals surface area contributed by atoms with E-state index in [2.05, 4.69) is 84.7 Å². The number of rotatable bonds is 37. The lowest BCUT2D eigenvalue weighted by atomic mass is 10.1. The maximum Gasteiger partial charge on any atom is 0.348 e. The van der Waals surface area contributed by atoms with Gasteiger partial charge in [-0.2, -0.15) is 31.0 Å². The molecule has 0 bridgehead atoms. The van der Waals surface area contributed by atoms with Crippen LogP contribution < -0.4 is 4.90 Å². The first-order valence-corrected chi connectivity index (χ1v) is 39.7. The molecule has 0 saturated carbocycles. The number of sulfone groups is 2. The highest BCUT2D eigenvalue weighted by molar-refractivity contribution is 7.91. The number of nitriles is 2. The number of azo groups is 2. The Morgan fingerprint density at radius 2 is 0.743 bits per heavy atom. The van der Waals surface area contributed by atoms with Gasteiger partial charge < -0.3 is 23.5 Å². The molecule has 0 aliphatic carbocycles. The van der Waals surface area contributed by atoms with Crippen LogP contribution >= 0.6 is 0 Å². The van der Waals surface area contributed by atoms with E-state index in [1.165, 1.54) is 12.2 Å². The van der Waals surface area contributed by atoms with Gasteiger partial charge in [-0.05, 0) is 208 Å². The summed E-state index contributed by atoms with van der Waals surface area (Å²) in [4.78, 5) is 29.1. The summed E-state index contributed by atoms with van der Waals surface area (Å²) < 4.78 is 67.2. The molecule has 0 spiro atoms. The second-order valence-corrected chi connectivity index (χ2v) is 30.4. The third kappa shape index (κ3) is 19.8. The number of carbonyl (C=O) groups is 2. The number of aryl methyl sites for hydroxylation is 2. The van der Waals surface area contributed by atoms with Crippen LogP contribution in [0.2, 0.25) is 0 Å². The van der Waals surface area contributed by atoms with E-state index < -0.39 is 31.6 Å². The predicted molar refractivity (Wildman–Crippen MR) is 420 cm³/mol. The number of ether oxygens (including phenoxy) is 2. The summed E-state index contributed by atoms with van der Waals surface area (Å²) in [5.74, 6) is -1.08. The van der Waals surface area contributed by atoms with E-state index in [0.717, 1.165) is 151 Å². The average Bonchev–Trinajstić information content (AvgIpc) is 1.61. The van der Waals surface area contributed by atoms with Crippen molar-refractivity contribution in [3.63, 3.8) is 0 Å². The van der Waals surface area contributed by atoms with Gasteiger partial charge in [-0.1, -0.05) is 144 Å². The number of hydrogen-bond donors (Lipinski definition) is 0. The number of para-hydroxylation sites is 3. The second-order valence-electron chi connectivity index (χ2n) is 26.2. The third-order valence-electron chi connectivity index (χ3n) is 18.6. The monoisotopic (exact) mass is 1440 g/mol. The zero-order chi connectivity index (χ0) is 73.4. The lowest BCUT2D eigenvalue weighted by Crippen LogP contribution is -2.10. The van der Waals surface area contributed by atoms with E-state index in [4.69, 9.17) is 9.47 Å². The molecule has 11 aromatic rings. The van der Waals surface area contributed by atoms with Crippen molar-refractivity contribution in [3.8, 4) is 12.1 Å². The molecule has 17 nitrogen and oxygen atoms in total. The number of benzene rings is 9. The van der Waals surface area contributed by atoms with Gasteiger partial charge in [-0.3, -0.25) is 0 Å². The molecule has 11 rings (SSSR count). The minimum absolute atomic E-state index is 0.105. The first-order valence-electron chi connectivity index (χ1n) is 36.4. The molecule has 9 aromatic carbocycles. The molecular formula is C86H87N9O8S2. The van der Waals surface area contributed by atoms with Crippen LogP contribution in [0, 0.1) is 22.7 Å². The van der Waals surface area contributed by atoms with Crippen LogP contribution in [0.15, 0.2) is 254 Å². The van der Waals surface area contributed by atoms with Crippen LogP contribution in [0.5, 0.6) is 0 Å². The minimum Gasteiger partial charge on any atom is -0.462 e. The smallest absolute Gasteiger partial charge is 0.348 e. The van der Waals surface area contributed by atoms with Crippen molar-refractivity contribution >= 4 is 127 Å². The number of esters is 2. The predicted octanol–water partition coefficient (Wildman–Crippen LogP) is 22.3. The quantitative estimate of drug-likeness (QED) is 0.0117. The van der Waals surface area contributed by atoms with Crippen LogP contribution in [0.3, 0.4) is 0 Å². The van der Waals surface area contributed by atoms with Crippen LogP contribution in [0.25, 0.3) is 55.8 Å². The highest BCUT2D eigenvalue weighted by Crippen LogP contribution is 2.38. The molecule has 536 valence electrons. The molecule has 0 unspecified atom stereocenters. The molecule has 0 amide bonds. The minimum atomic E-state index is -3.35. The third-order valence-corrected chi connectivity index (χ3v) is 22.3. The normalized spacial score (nSPS) is 12.2. The number of unbranched alkanes of at least 4 members (excludes halogenated alkanes) is 12. The van der Waals surface area contributed by atoms with Gasteiger partial charge in [0.1, 0.15) is 23.3 Å². The molecule has 0 fully saturated rings. The fourth-order valence-electron chi connectivity index (χ4n) is 13.0. The number of nitrogens with zero attached hydrogens (tertiary/aromatic N) is 9. The van der Waals surface area contributed by atoms with E-state index in [1.54, 1.807) is 48.5 Å². The zero-order valence-corrected chi connectivity index (χ0v) is 61.2. The number of fused-ring (bicyclic) bond motifs is 6. The summed E-state index contributed by atoms with van der Waals surface area (Å²) in [6.45, 7) is 6.14. The molecule has 0 N–H and O–H groups in total. The van der Waals surface area contributed by atoms with E-state index in [0.29, 0.717) is 69.4 Å². The summed E-state index contributed by atoms with van der Waals surface area (Å²) in [6.07, 6.45) is 16.9. The van der Waals surface area contributed by atoms with E-state index >= 15 is 0 Å². The Kier molecular flexibility index (Phi) is 26.3. The Labute approximate surface area is 615 Å². The number of hydrogen-bond acceptors (Lipinski definition) is 15. The summed E-state index contributed by atoms with van der Waals surface area (Å²) in [5, 5.41) is 42.4. The van der Waals surface area contributed by atoms with Crippen LogP contribution in [-0.4, -0.2) is 62.6 Å². The van der Waals surface area contributed by atoms with Crippen LogP contribution in [-0.2, 0) is 51.8 Å². The van der Waals surface area contributed by atoms with Gasteiger partial charge in [0.15, 0.2) is 19.7 Å². The number of anilines is 3. The summed E-state index contributed by atoms with van der Waals surface area (Å²) in [5.41, 5.74) is 10.5. The van der Waals surface area contributed by atoms with Gasteiger partial charge in [0.2, 0.25) is 0 Å². The Hall–Kier alpha value is -11.1. The van der Waals surface area contributed by atoms with Crippen molar-refractivity contribution in [1.29, 1.82) is 10.5 Å². The van der Waals surface area contributed by atoms with Crippen LogP contribution in [0.4, 0.5) is 39.8 Å². The first-order chi connectivity index (χ1) is 51.2. The lowest BCUT2D eigenvalue weighted by molar-refractivity contribution is -0.139. The van der Waals surface area contributed by atoms with Crippen molar-refractivity contribution in [2.45, 2.75) is 139 Å². The van der Waals surface area contributed by atoms with E-state index in [1.807, 2.05) is 140 Å². The van der Waals surface area contributed by atoms with Gasteiger partial charge in [0.25, 0.3) is 0 Å². The Morgan fingerprint density at radius 1 is 0.390 bits per heavy atom. The maximum atomic E-state index is 13.2. The van der Waals surface area contributed by atoms with Crippen LogP contribution in [0.1, 0.15) is 128 Å². The van der Waals surface area contributed by atoms with Crippen molar-refractivity contribution in [2.75, 3.05) is 29.6 Å². The molecule has 2 aromatic heterocycles. The standard InChI is InChI=1S/C86H87N9O8S2/c1-3-5-7-24-56-104(98,99)75-46-36-68(37-47-75)89-91-70-40-50-83-79(60-70)77-28-16-18-30-81(77)93(83)52-20-9-11-22-54-102-85(96)66(62-87)58-64-32-42-73(43-33-64)95(72-26-14-13-15-27-72)74-44-34-65(35-45-74)59-67(63-88)86(97)103-55-23-12-10-21-53-94-82-31-19-17-29-78(82)80-61-71(41-51-84(80)94)92-90-69-38-48-76(49-39-69)105(100,101)57-25-8-6-4-2/h13-19,26-51,58-61H,3-12,20-25,52-57H2,1-2H3/b66-58-,67-59+,91-89?,92-90?. The fourth-order valence-corrected chi connectivity index (χ4v) is 15.8. The first kappa shape index (κ1) is 75.1. The number of carbonyl (C=O) groups excluding carboxylic acids is 2. The molecule has 19 heteroatoms. The topological polar surface area (TPSA) is 231 Å². The molecule has 0 atom stereocenters. The molecule has 0 aliphatic heterocycles. The van der Waals surface area contributed by atoms with Gasteiger partial charge in [0.05, 0.1) is 57.3 Å². The zero-order valence-electron chi connectivity index (χ0n) is 59.5. The molecule has 0 aliphatic rings. The highest BCUT2D eigenvalue weighted by Gasteiger charge is 2.20. The van der Waals surface area contributed by atoms with Gasteiger partial charge >= 0.3 is 11.9 Å². The lowest BCUT2D eigenvalue weighted by Gasteiger charge is -2.25. The summed E-state index contributed by atoms with van der Waals surface area (Å²) in [6, 6.07) is 70.7. The maximum absolute atomic E-state index is 13.2. The SMILES string of the molecule is CCCCCCS(=O)(=O)c1ccc(N=Nc2ccc3c(c2)c2ccccc2n3CCCCCCOC(=O)/C(C#N)=C\c2ccc(N(c3ccccc3)c3ccc(/C=C(\C#N)C(=O)OCCCCCCn4c5ccccc5c5cc(N=Nc6ccc(S(=O)(=O)CCCCCC)cc6)ccc54)cc3)cc2)cc1. The van der Waals surface area contributed by atoms with Gasteiger partial charge in [-0.25, -0.2) is 26.4 Å². The van der Waals surface area contributed by atoms with Gasteiger partial charge in [0, 0.05) is 73.8 Å². The Morgan fingerprint density at radius 3 is 1.15 bits per heavy atom. The second kappa shape index (κ2) is 36.8. The average molecular weight is 1440 g/mol. The fraction of sp³-hybridized carbons (Fsp3) is 0.279. The Balaban J connectivity index is 0.621. The molecule has 0 radical (unpaired) electrons. The van der Waals surface area contributed by atoms with E-state index in [9.17, 15) is 36.9 Å². The van der Waals surface area contributed by atoms with E-state index in [-0.39, 0.29) is 35.9 Å². The summed E-state index contributed by atoms with van der Waals surface area (Å²) >= 11 is 0. The van der Waals surface area contributed by atoms with Crippen molar-refractivity contribution < 1.29 is 35.9 Å². The van der Waals surface area contributed by atoms with Crippen molar-refractivity contribution in [3.05, 3.63) is 235 Å². The van der Waals surface area contributed by atoms with Crippen molar-refractivity contribution in [1.82, 2.24) is 9.13 Å². The Bertz CT molecular complexity index is 4960.